The van der Waals surface area contributed by atoms with Crippen LogP contribution in [0.3, 0.4) is 0 Å². The summed E-state index contributed by atoms with van der Waals surface area (Å²) in [7, 11) is 1.90. The minimum absolute atomic E-state index is 0.142. The van der Waals surface area contributed by atoms with Gasteiger partial charge in [-0.3, -0.25) is 14.5 Å². The number of aryl methyl sites for hydroxylation is 1. The van der Waals surface area contributed by atoms with E-state index in [4.69, 9.17) is 9.72 Å². The quantitative estimate of drug-likeness (QED) is 0.633. The molecule has 5 rings (SSSR count). The van der Waals surface area contributed by atoms with Crippen molar-refractivity contribution < 1.29 is 9.53 Å². The molecule has 2 saturated heterocycles. The molecule has 0 amide bonds. The molecule has 7 nitrogen and oxygen atoms in total. The van der Waals surface area contributed by atoms with Crippen LogP contribution in [0, 0.1) is 5.92 Å². The van der Waals surface area contributed by atoms with Crippen LogP contribution >= 0.6 is 0 Å². The lowest BCUT2D eigenvalue weighted by atomic mass is 9.89. The summed E-state index contributed by atoms with van der Waals surface area (Å²) in [4.78, 5) is 24.8. The van der Waals surface area contributed by atoms with Crippen LogP contribution in [0.15, 0.2) is 36.8 Å². The minimum Gasteiger partial charge on any atom is -0.381 e. The molecule has 0 bridgehead atoms. The molecular weight excluding hydrogens is 390 g/mol. The first-order chi connectivity index (χ1) is 15.2. The van der Waals surface area contributed by atoms with Crippen molar-refractivity contribution in [2.45, 2.75) is 38.1 Å². The second-order valence-electron chi connectivity index (χ2n) is 8.76. The van der Waals surface area contributed by atoms with E-state index in [-0.39, 0.29) is 5.92 Å². The Labute approximate surface area is 182 Å². The lowest BCUT2D eigenvalue weighted by Gasteiger charge is -2.38. The molecule has 3 aromatic rings. The zero-order valence-corrected chi connectivity index (χ0v) is 18.0. The van der Waals surface area contributed by atoms with Gasteiger partial charge in [-0.1, -0.05) is 0 Å². The Balaban J connectivity index is 1.24. The topological polar surface area (TPSA) is 73.1 Å². The first-order valence-electron chi connectivity index (χ1n) is 11.2. The molecule has 0 N–H and O–H groups in total. The Morgan fingerprint density at radius 1 is 1.13 bits per heavy atom. The number of carbonyl (C=O) groups excluding carboxylic acids is 1. The highest BCUT2D eigenvalue weighted by Gasteiger charge is 2.29. The van der Waals surface area contributed by atoms with Crippen LogP contribution in [0.25, 0.3) is 22.2 Å². The molecule has 2 aliphatic heterocycles. The third-order valence-corrected chi connectivity index (χ3v) is 6.68. The molecule has 2 fully saturated rings. The summed E-state index contributed by atoms with van der Waals surface area (Å²) in [6, 6.07) is 6.60. The smallest absolute Gasteiger partial charge is 0.142 e. The van der Waals surface area contributed by atoms with Gasteiger partial charge in [-0.15, -0.1) is 0 Å². The van der Waals surface area contributed by atoms with Crippen LogP contribution in [0.5, 0.6) is 0 Å². The molecule has 2 aliphatic rings. The summed E-state index contributed by atoms with van der Waals surface area (Å²) >= 11 is 0. The van der Waals surface area contributed by atoms with E-state index in [1.54, 1.807) is 4.68 Å². The SMILES string of the molecule is Cn1cc(-c2ccc3cnc(CC(=O)C4CCN(C5CCOCC5)CC4)cc3n2)cn1. The van der Waals surface area contributed by atoms with E-state index in [9.17, 15) is 4.79 Å². The van der Waals surface area contributed by atoms with Gasteiger partial charge in [-0.2, -0.15) is 5.10 Å². The summed E-state index contributed by atoms with van der Waals surface area (Å²) in [6.07, 6.45) is 10.1. The average Bonchev–Trinajstić information content (AvgIpc) is 3.25. The first kappa shape index (κ1) is 20.3. The van der Waals surface area contributed by atoms with Gasteiger partial charge in [0.05, 0.1) is 17.4 Å². The van der Waals surface area contributed by atoms with E-state index >= 15 is 0 Å². The zero-order valence-electron chi connectivity index (χ0n) is 18.0. The zero-order chi connectivity index (χ0) is 21.2. The highest BCUT2D eigenvalue weighted by molar-refractivity contribution is 5.85. The molecule has 0 radical (unpaired) electrons. The maximum absolute atomic E-state index is 13.0. The van der Waals surface area contributed by atoms with Crippen molar-refractivity contribution in [2.24, 2.45) is 13.0 Å². The van der Waals surface area contributed by atoms with Crippen molar-refractivity contribution in [1.82, 2.24) is 24.6 Å². The van der Waals surface area contributed by atoms with Crippen LogP contribution in [-0.4, -0.2) is 62.8 Å². The van der Waals surface area contributed by atoms with Crippen LogP contribution in [0.4, 0.5) is 0 Å². The Bertz CT molecular complexity index is 1060. The highest BCUT2D eigenvalue weighted by Crippen LogP contribution is 2.25. The summed E-state index contributed by atoms with van der Waals surface area (Å²) in [5, 5.41) is 5.21. The molecule has 0 aromatic carbocycles. The lowest BCUT2D eigenvalue weighted by molar-refractivity contribution is -0.124. The van der Waals surface area contributed by atoms with Crippen molar-refractivity contribution >= 4 is 16.7 Å². The Morgan fingerprint density at radius 3 is 2.68 bits per heavy atom. The van der Waals surface area contributed by atoms with Crippen LogP contribution < -0.4 is 0 Å². The number of rotatable bonds is 5. The average molecular weight is 420 g/mol. The van der Waals surface area contributed by atoms with E-state index in [2.05, 4.69) is 15.0 Å². The number of ether oxygens (including phenoxy) is 1. The first-order valence-corrected chi connectivity index (χ1v) is 11.2. The van der Waals surface area contributed by atoms with E-state index in [0.717, 1.165) is 79.8 Å². The molecule has 162 valence electrons. The number of hydrogen-bond donors (Lipinski definition) is 0. The molecule has 0 atom stereocenters. The van der Waals surface area contributed by atoms with Gasteiger partial charge < -0.3 is 9.64 Å². The summed E-state index contributed by atoms with van der Waals surface area (Å²) in [6.45, 7) is 3.77. The number of fused-ring (bicyclic) bond motifs is 1. The Kier molecular flexibility index (Phi) is 5.78. The third-order valence-electron chi connectivity index (χ3n) is 6.68. The number of aromatic nitrogens is 4. The van der Waals surface area contributed by atoms with Gasteiger partial charge >= 0.3 is 0 Å². The molecule has 0 spiro atoms. The fourth-order valence-electron chi connectivity index (χ4n) is 4.83. The number of carbonyl (C=O) groups is 1. The number of Topliss-reactive ketones (excluding diaryl/α,β-unsaturated/α-hetero) is 1. The molecule has 0 aliphatic carbocycles. The maximum atomic E-state index is 13.0. The van der Waals surface area contributed by atoms with Gasteiger partial charge in [0.15, 0.2) is 0 Å². The normalized spacial score (nSPS) is 19.1. The lowest BCUT2D eigenvalue weighted by Crippen LogP contribution is -2.45. The number of nitrogens with zero attached hydrogens (tertiary/aromatic N) is 5. The molecule has 0 saturated carbocycles. The molecular formula is C24H29N5O2. The van der Waals surface area contributed by atoms with E-state index in [0.29, 0.717) is 18.2 Å². The third kappa shape index (κ3) is 4.52. The van der Waals surface area contributed by atoms with Gasteiger partial charge in [0.2, 0.25) is 0 Å². The van der Waals surface area contributed by atoms with Crippen LogP contribution in [0.1, 0.15) is 31.4 Å². The number of piperidine rings is 1. The molecule has 31 heavy (non-hydrogen) atoms. The second kappa shape index (κ2) is 8.85. The monoisotopic (exact) mass is 419 g/mol. The summed E-state index contributed by atoms with van der Waals surface area (Å²) in [5.74, 6) is 0.449. The van der Waals surface area contributed by atoms with Crippen molar-refractivity contribution in [2.75, 3.05) is 26.3 Å². The summed E-state index contributed by atoms with van der Waals surface area (Å²) < 4.78 is 7.25. The van der Waals surface area contributed by atoms with Gasteiger partial charge in [0, 0.05) is 67.7 Å². The number of pyridine rings is 2. The number of ketones is 1. The van der Waals surface area contributed by atoms with Crippen molar-refractivity contribution in [3.63, 3.8) is 0 Å². The fraction of sp³-hybridized carbons (Fsp3) is 0.500. The molecule has 0 unspecified atom stereocenters. The summed E-state index contributed by atoms with van der Waals surface area (Å²) in [5.41, 5.74) is 3.54. The Morgan fingerprint density at radius 2 is 1.94 bits per heavy atom. The predicted octanol–water partition coefficient (Wildman–Crippen LogP) is 3.03. The van der Waals surface area contributed by atoms with Crippen LogP contribution in [0.2, 0.25) is 0 Å². The standard InChI is InChI=1S/C24H29N5O2/c1-28-16-19(15-26-28)22-3-2-18-14-25-20(12-23(18)27-22)13-24(30)17-4-8-29(9-5-17)21-6-10-31-11-7-21/h2-3,12,14-17,21H,4-11,13H2,1H3. The van der Waals surface area contributed by atoms with Gasteiger partial charge in [-0.05, 0) is 57.0 Å². The fourth-order valence-corrected chi connectivity index (χ4v) is 4.83. The minimum atomic E-state index is 0.142. The molecule has 5 heterocycles. The van der Waals surface area contributed by atoms with Gasteiger partial charge in [0.1, 0.15) is 5.78 Å². The number of hydrogen-bond acceptors (Lipinski definition) is 6. The number of likely N-dealkylation sites (tertiary alicyclic amines) is 1. The molecule has 3 aromatic heterocycles. The highest BCUT2D eigenvalue weighted by atomic mass is 16.5. The van der Waals surface area contributed by atoms with E-state index in [1.807, 2.05) is 43.8 Å². The van der Waals surface area contributed by atoms with E-state index in [1.165, 1.54) is 0 Å². The van der Waals surface area contributed by atoms with Gasteiger partial charge in [0.25, 0.3) is 0 Å². The van der Waals surface area contributed by atoms with E-state index < -0.39 is 0 Å². The van der Waals surface area contributed by atoms with Crippen molar-refractivity contribution in [3.05, 3.63) is 42.5 Å². The van der Waals surface area contributed by atoms with Gasteiger partial charge in [-0.25, -0.2) is 4.98 Å². The predicted molar refractivity (Wildman–Crippen MR) is 119 cm³/mol. The Hall–Kier alpha value is -2.64. The maximum Gasteiger partial charge on any atom is 0.142 e. The van der Waals surface area contributed by atoms with Crippen LogP contribution in [-0.2, 0) is 23.0 Å². The molecule has 7 heteroatoms. The second-order valence-corrected chi connectivity index (χ2v) is 8.76. The van der Waals surface area contributed by atoms with Crippen molar-refractivity contribution in [3.8, 4) is 11.3 Å². The van der Waals surface area contributed by atoms with Crippen molar-refractivity contribution in [1.29, 1.82) is 0 Å². The largest absolute Gasteiger partial charge is 0.381 e.